The summed E-state index contributed by atoms with van der Waals surface area (Å²) < 4.78 is 53.4. The van der Waals surface area contributed by atoms with Gasteiger partial charge in [-0.3, -0.25) is 23.5 Å². The van der Waals surface area contributed by atoms with Crippen molar-refractivity contribution in [1.82, 2.24) is 4.98 Å². The van der Waals surface area contributed by atoms with E-state index in [2.05, 4.69) is 52.2 Å². The molecule has 0 atom stereocenters. The zero-order chi connectivity index (χ0) is 30.2. The molecule has 0 aliphatic heterocycles. The van der Waals surface area contributed by atoms with E-state index in [1.165, 1.54) is 18.2 Å². The first-order valence-electron chi connectivity index (χ1n) is 13.1. The topological polar surface area (TPSA) is 16.1 Å². The zero-order valence-corrected chi connectivity index (χ0v) is 25.0. The van der Waals surface area contributed by atoms with Crippen LogP contribution in [0.1, 0.15) is 5.56 Å². The Kier molecular flexibility index (Phi) is 10.9. The number of hydrogen-bond acceptors (Lipinski definition) is 2. The van der Waals surface area contributed by atoms with E-state index >= 15 is 0 Å². The van der Waals surface area contributed by atoms with Gasteiger partial charge in [0, 0.05) is 40.3 Å². The Hall–Kier alpha value is -4.93. The molecule has 6 aromatic rings. The Morgan fingerprint density at radius 2 is 1.00 bits per heavy atom. The zero-order valence-electron chi connectivity index (χ0n) is 22.8. The van der Waals surface area contributed by atoms with E-state index in [9.17, 15) is 17.6 Å². The molecule has 0 radical (unpaired) electrons. The molecule has 1 heterocycles. The van der Waals surface area contributed by atoms with E-state index in [-0.39, 0.29) is 44.9 Å². The van der Waals surface area contributed by atoms with Crippen LogP contribution in [0.3, 0.4) is 0 Å². The molecule has 0 saturated carbocycles. The second-order valence-electron chi connectivity index (χ2n) is 9.17. The second kappa shape index (κ2) is 15.0. The molecule has 218 valence electrons. The van der Waals surface area contributed by atoms with Crippen molar-refractivity contribution >= 4 is 17.1 Å². The molecule has 2 nitrogen and oxygen atoms in total. The molecule has 0 aliphatic carbocycles. The number of rotatable bonds is 5. The summed E-state index contributed by atoms with van der Waals surface area (Å²) in [6.45, 7) is 0. The standard InChI is InChI=1S/C20H14N.C17H7F4N.Au/c1-2-17-13-15-20(16-14-17)21(18-9-5-3-6-10-18)19-11-7-4-8-12-19;18-10-4-6-12(14(20)8-10)16-2-1-3-17(22-16)13-7-5-11(19)9-15(13)21;/h3-16H;1-5,8-9H;/q-1;-2;+3. The van der Waals surface area contributed by atoms with Crippen LogP contribution in [0, 0.1) is 47.7 Å². The number of nitrogens with zero attached hydrogens (tertiary/aromatic N) is 2. The number of aromatic nitrogens is 1. The van der Waals surface area contributed by atoms with E-state index < -0.39 is 23.3 Å². The van der Waals surface area contributed by atoms with Crippen LogP contribution in [0.2, 0.25) is 0 Å². The summed E-state index contributed by atoms with van der Waals surface area (Å²) in [5.41, 5.74) is 4.30. The van der Waals surface area contributed by atoms with Crippen molar-refractivity contribution in [2.45, 2.75) is 0 Å². The molecular weight excluding hydrogens is 745 g/mol. The second-order valence-corrected chi connectivity index (χ2v) is 9.17. The SMILES string of the molecule is Fc1c[c-]c(-c2cccc(-c3[c-]cc(F)cc3F)n2)c(F)c1.[Au+3].[C-]#Cc1ccc(N(c2ccccc2)c2ccccc2)cc1. The molecule has 0 N–H and O–H groups in total. The van der Waals surface area contributed by atoms with Crippen LogP contribution >= 0.6 is 0 Å². The predicted molar refractivity (Wildman–Crippen MR) is 160 cm³/mol. The Morgan fingerprint density at radius 3 is 1.41 bits per heavy atom. The average molecular weight is 767 g/mol. The first-order chi connectivity index (χ1) is 20.9. The Morgan fingerprint density at radius 1 is 0.568 bits per heavy atom. The number of halogens is 4. The van der Waals surface area contributed by atoms with Crippen LogP contribution in [0.5, 0.6) is 0 Å². The maximum atomic E-state index is 13.8. The summed E-state index contributed by atoms with van der Waals surface area (Å²) in [5, 5.41) is 0. The number of hydrogen-bond donors (Lipinski definition) is 0. The minimum atomic E-state index is -0.826. The Balaban J connectivity index is 0.000000197. The molecule has 0 fully saturated rings. The maximum absolute atomic E-state index is 13.8. The van der Waals surface area contributed by atoms with Crippen LogP contribution < -0.4 is 4.90 Å². The largest absolute Gasteiger partial charge is 3.00 e. The van der Waals surface area contributed by atoms with Crippen LogP contribution in [-0.2, 0) is 22.4 Å². The van der Waals surface area contributed by atoms with Crippen LogP contribution in [0.4, 0.5) is 34.6 Å². The molecule has 0 aliphatic rings. The number of benzene rings is 5. The van der Waals surface area contributed by atoms with Gasteiger partial charge in [-0.1, -0.05) is 90.0 Å². The average Bonchev–Trinajstić information content (AvgIpc) is 3.03. The third kappa shape index (κ3) is 7.71. The first kappa shape index (κ1) is 32.0. The summed E-state index contributed by atoms with van der Waals surface area (Å²) in [7, 11) is 0. The predicted octanol–water partition coefficient (Wildman–Crippen LogP) is 9.66. The van der Waals surface area contributed by atoms with E-state index in [0.717, 1.165) is 34.8 Å². The fraction of sp³-hybridized carbons (Fsp3) is 0. The van der Waals surface area contributed by atoms with Gasteiger partial charge in [0.2, 0.25) is 0 Å². The summed E-state index contributed by atoms with van der Waals surface area (Å²) in [4.78, 5) is 6.30. The van der Waals surface area contributed by atoms with E-state index in [4.69, 9.17) is 6.42 Å². The van der Waals surface area contributed by atoms with Gasteiger partial charge in [-0.15, -0.1) is 42.0 Å². The van der Waals surface area contributed by atoms with Crippen molar-refractivity contribution < 1.29 is 39.9 Å². The number of anilines is 3. The summed E-state index contributed by atoms with van der Waals surface area (Å²) in [5.74, 6) is -0.756. The van der Waals surface area contributed by atoms with E-state index in [0.29, 0.717) is 12.1 Å². The molecule has 0 unspecified atom stereocenters. The molecule has 7 heteroatoms. The molecule has 0 amide bonds. The molecule has 1 aromatic heterocycles. The minimum Gasteiger partial charge on any atom is -0.366 e. The van der Waals surface area contributed by atoms with Gasteiger partial charge in [0.25, 0.3) is 0 Å². The Labute approximate surface area is 269 Å². The van der Waals surface area contributed by atoms with Gasteiger partial charge in [-0.2, -0.15) is 0 Å². The molecule has 44 heavy (non-hydrogen) atoms. The monoisotopic (exact) mass is 766 g/mol. The van der Waals surface area contributed by atoms with Gasteiger partial charge in [0.15, 0.2) is 0 Å². The smallest absolute Gasteiger partial charge is 0.366 e. The fourth-order valence-electron chi connectivity index (χ4n) is 4.29. The Bertz CT molecular complexity index is 1770. The van der Waals surface area contributed by atoms with Gasteiger partial charge >= 0.3 is 22.4 Å². The van der Waals surface area contributed by atoms with Crippen LogP contribution in [0.25, 0.3) is 22.5 Å². The van der Waals surface area contributed by atoms with Crippen molar-refractivity contribution in [2.75, 3.05) is 4.90 Å². The summed E-state index contributed by atoms with van der Waals surface area (Å²) >= 11 is 0. The molecular formula is C37H21AuF4N2. The molecule has 6 rings (SSSR count). The van der Waals surface area contributed by atoms with Crippen molar-refractivity contribution in [3.63, 3.8) is 0 Å². The van der Waals surface area contributed by atoms with Crippen LogP contribution in [0.15, 0.2) is 127 Å². The normalized spacial score (nSPS) is 10.1. The third-order valence-corrected chi connectivity index (χ3v) is 6.28. The van der Waals surface area contributed by atoms with Gasteiger partial charge in [-0.05, 0) is 35.7 Å². The van der Waals surface area contributed by atoms with E-state index in [1.807, 2.05) is 60.7 Å². The van der Waals surface area contributed by atoms with Crippen molar-refractivity contribution in [3.05, 3.63) is 175 Å². The fourth-order valence-corrected chi connectivity index (χ4v) is 4.29. The van der Waals surface area contributed by atoms with Gasteiger partial charge in [0.05, 0.1) is 0 Å². The van der Waals surface area contributed by atoms with Gasteiger partial charge in [0.1, 0.15) is 0 Å². The van der Waals surface area contributed by atoms with Crippen molar-refractivity contribution in [3.8, 4) is 28.4 Å². The minimum absolute atomic E-state index is 0. The van der Waals surface area contributed by atoms with E-state index in [1.54, 1.807) is 0 Å². The molecule has 5 aromatic carbocycles. The van der Waals surface area contributed by atoms with Crippen molar-refractivity contribution in [2.24, 2.45) is 0 Å². The van der Waals surface area contributed by atoms with Crippen molar-refractivity contribution in [1.29, 1.82) is 0 Å². The first-order valence-corrected chi connectivity index (χ1v) is 13.1. The molecule has 0 bridgehead atoms. The maximum Gasteiger partial charge on any atom is 3.00 e. The van der Waals surface area contributed by atoms with Crippen LogP contribution in [-0.4, -0.2) is 4.98 Å². The number of para-hydroxylation sites is 2. The van der Waals surface area contributed by atoms with Gasteiger partial charge in [-0.25, -0.2) is 0 Å². The summed E-state index contributed by atoms with van der Waals surface area (Å²) in [6, 6.07) is 41.1. The number of pyridine rings is 1. The summed E-state index contributed by atoms with van der Waals surface area (Å²) in [6.07, 6.45) is 7.19. The third-order valence-electron chi connectivity index (χ3n) is 6.28. The molecule has 0 spiro atoms. The van der Waals surface area contributed by atoms with Gasteiger partial charge < -0.3 is 16.3 Å². The molecule has 0 saturated heterocycles. The quantitative estimate of drug-likeness (QED) is 0.0753.